The first-order chi connectivity index (χ1) is 7.75. The van der Waals surface area contributed by atoms with Gasteiger partial charge in [-0.1, -0.05) is 17.3 Å². The van der Waals surface area contributed by atoms with E-state index in [2.05, 4.69) is 37.0 Å². The minimum absolute atomic E-state index is 0.814. The van der Waals surface area contributed by atoms with Crippen LogP contribution in [0.1, 0.15) is 0 Å². The second-order valence-corrected chi connectivity index (χ2v) is 6.54. The number of hydrogen-bond acceptors (Lipinski definition) is 3. The van der Waals surface area contributed by atoms with Crippen molar-refractivity contribution in [1.82, 2.24) is 5.16 Å². The average Bonchev–Trinajstić information content (AvgIpc) is 2.81. The molecule has 0 aliphatic heterocycles. The molecule has 2 aromatic heterocycles. The standard InChI is InChI=1S/C11H5Br2NOS/c12-7-5-9(13)16-11(7)10-6-3-1-2-4-8(6)15-14-10/h1-5H. The van der Waals surface area contributed by atoms with Crippen LogP contribution in [-0.4, -0.2) is 5.16 Å². The molecule has 0 aliphatic rings. The maximum atomic E-state index is 5.29. The van der Waals surface area contributed by atoms with Crippen LogP contribution in [0, 0.1) is 0 Å². The van der Waals surface area contributed by atoms with E-state index in [0.717, 1.165) is 29.8 Å². The van der Waals surface area contributed by atoms with Gasteiger partial charge in [-0.25, -0.2) is 0 Å². The van der Waals surface area contributed by atoms with Crippen molar-refractivity contribution in [3.8, 4) is 10.6 Å². The lowest BCUT2D eigenvalue weighted by Gasteiger charge is -1.92. The van der Waals surface area contributed by atoms with Crippen molar-refractivity contribution < 1.29 is 4.52 Å². The highest BCUT2D eigenvalue weighted by Gasteiger charge is 2.15. The quantitative estimate of drug-likeness (QED) is 0.606. The van der Waals surface area contributed by atoms with Crippen LogP contribution in [0.15, 0.2) is 43.1 Å². The van der Waals surface area contributed by atoms with E-state index in [4.69, 9.17) is 4.52 Å². The number of hydrogen-bond donors (Lipinski definition) is 0. The van der Waals surface area contributed by atoms with Crippen molar-refractivity contribution in [1.29, 1.82) is 0 Å². The molecule has 0 atom stereocenters. The number of para-hydroxylation sites is 1. The molecule has 0 saturated heterocycles. The van der Waals surface area contributed by atoms with Gasteiger partial charge in [0.25, 0.3) is 0 Å². The number of benzene rings is 1. The molecule has 0 spiro atoms. The van der Waals surface area contributed by atoms with E-state index in [1.165, 1.54) is 0 Å². The minimum atomic E-state index is 0.814. The van der Waals surface area contributed by atoms with Crippen molar-refractivity contribution >= 4 is 54.2 Å². The van der Waals surface area contributed by atoms with Gasteiger partial charge in [-0.15, -0.1) is 11.3 Å². The summed E-state index contributed by atoms with van der Waals surface area (Å²) in [4.78, 5) is 1.08. The summed E-state index contributed by atoms with van der Waals surface area (Å²) in [6.45, 7) is 0. The van der Waals surface area contributed by atoms with Crippen LogP contribution in [0.2, 0.25) is 0 Å². The molecule has 0 fully saturated rings. The van der Waals surface area contributed by atoms with Crippen molar-refractivity contribution in [2.75, 3.05) is 0 Å². The number of thiophene rings is 1. The van der Waals surface area contributed by atoms with Gasteiger partial charge in [-0.2, -0.15) is 0 Å². The van der Waals surface area contributed by atoms with Gasteiger partial charge in [0.2, 0.25) is 0 Å². The Labute approximate surface area is 113 Å². The summed E-state index contributed by atoms with van der Waals surface area (Å²) in [6, 6.07) is 9.88. The van der Waals surface area contributed by atoms with E-state index in [9.17, 15) is 0 Å². The zero-order valence-electron chi connectivity index (χ0n) is 7.91. The maximum absolute atomic E-state index is 5.29. The van der Waals surface area contributed by atoms with Crippen LogP contribution in [0.3, 0.4) is 0 Å². The third-order valence-corrected chi connectivity index (χ3v) is 4.78. The SMILES string of the molecule is Brc1cc(Br)c(-c2noc3ccccc23)s1. The Morgan fingerprint density at radius 1 is 1.19 bits per heavy atom. The third kappa shape index (κ3) is 1.63. The van der Waals surface area contributed by atoms with Crippen molar-refractivity contribution in [3.05, 3.63) is 38.6 Å². The normalized spacial score (nSPS) is 11.1. The minimum Gasteiger partial charge on any atom is -0.356 e. The van der Waals surface area contributed by atoms with Gasteiger partial charge in [0.1, 0.15) is 5.69 Å². The highest BCUT2D eigenvalue weighted by Crippen LogP contribution is 2.41. The number of fused-ring (bicyclic) bond motifs is 1. The molecular formula is C11H5Br2NOS. The van der Waals surface area contributed by atoms with E-state index >= 15 is 0 Å². The fourth-order valence-corrected chi connectivity index (χ4v) is 4.16. The molecule has 3 rings (SSSR count). The Hall–Kier alpha value is -0.650. The molecule has 0 N–H and O–H groups in total. The van der Waals surface area contributed by atoms with Crippen LogP contribution < -0.4 is 0 Å². The molecule has 16 heavy (non-hydrogen) atoms. The molecule has 1 aromatic carbocycles. The molecule has 80 valence electrons. The molecule has 0 saturated carbocycles. The first kappa shape index (κ1) is 10.5. The molecule has 0 bridgehead atoms. The van der Waals surface area contributed by atoms with Crippen LogP contribution in [0.5, 0.6) is 0 Å². The lowest BCUT2D eigenvalue weighted by molar-refractivity contribution is 0.459. The monoisotopic (exact) mass is 357 g/mol. The lowest BCUT2D eigenvalue weighted by atomic mass is 10.2. The van der Waals surface area contributed by atoms with E-state index in [0.29, 0.717) is 0 Å². The smallest absolute Gasteiger partial charge is 0.167 e. The molecular weight excluding hydrogens is 354 g/mol. The zero-order chi connectivity index (χ0) is 11.1. The molecule has 0 aliphatic carbocycles. The second-order valence-electron chi connectivity index (χ2n) is 3.25. The molecule has 0 unspecified atom stereocenters. The highest BCUT2D eigenvalue weighted by molar-refractivity contribution is 9.11. The van der Waals surface area contributed by atoms with Crippen molar-refractivity contribution in [2.24, 2.45) is 0 Å². The van der Waals surface area contributed by atoms with Gasteiger partial charge in [0, 0.05) is 4.47 Å². The average molecular weight is 359 g/mol. The molecule has 0 radical (unpaired) electrons. The summed E-state index contributed by atoms with van der Waals surface area (Å²) in [5.41, 5.74) is 1.70. The Bertz CT molecular complexity index is 659. The van der Waals surface area contributed by atoms with E-state index < -0.39 is 0 Å². The summed E-state index contributed by atoms with van der Waals surface area (Å²) in [7, 11) is 0. The van der Waals surface area contributed by atoms with Crippen molar-refractivity contribution in [2.45, 2.75) is 0 Å². The molecule has 2 nitrogen and oxygen atoms in total. The molecule has 3 aromatic rings. The summed E-state index contributed by atoms with van der Waals surface area (Å²) < 4.78 is 7.39. The van der Waals surface area contributed by atoms with Crippen molar-refractivity contribution in [3.63, 3.8) is 0 Å². The molecule has 0 amide bonds. The van der Waals surface area contributed by atoms with Gasteiger partial charge in [-0.05, 0) is 50.1 Å². The van der Waals surface area contributed by atoms with Gasteiger partial charge in [-0.3, -0.25) is 0 Å². The fraction of sp³-hybridized carbons (Fsp3) is 0. The van der Waals surface area contributed by atoms with Crippen LogP contribution in [0.25, 0.3) is 21.5 Å². The highest BCUT2D eigenvalue weighted by atomic mass is 79.9. The van der Waals surface area contributed by atoms with E-state index in [1.54, 1.807) is 11.3 Å². The van der Waals surface area contributed by atoms with E-state index in [-0.39, 0.29) is 0 Å². The fourth-order valence-electron chi connectivity index (χ4n) is 1.55. The molecule has 5 heteroatoms. The Balaban J connectivity index is 2.30. The second kappa shape index (κ2) is 3.98. The summed E-state index contributed by atoms with van der Waals surface area (Å²) in [5, 5.41) is 5.16. The Kier molecular flexibility index (Phi) is 2.61. The predicted octanol–water partition coefficient (Wildman–Crippen LogP) is 5.08. The number of aromatic nitrogens is 1. The first-order valence-electron chi connectivity index (χ1n) is 4.55. The van der Waals surface area contributed by atoms with E-state index in [1.807, 2.05) is 30.3 Å². The van der Waals surface area contributed by atoms with Gasteiger partial charge >= 0.3 is 0 Å². The number of rotatable bonds is 1. The Morgan fingerprint density at radius 2 is 2.00 bits per heavy atom. The van der Waals surface area contributed by atoms with Gasteiger partial charge < -0.3 is 4.52 Å². The third-order valence-electron chi connectivity index (χ3n) is 2.25. The first-order valence-corrected chi connectivity index (χ1v) is 6.95. The van der Waals surface area contributed by atoms with Crippen LogP contribution >= 0.6 is 43.2 Å². The Morgan fingerprint density at radius 3 is 2.75 bits per heavy atom. The predicted molar refractivity (Wildman–Crippen MR) is 72.7 cm³/mol. The number of halogens is 2. The maximum Gasteiger partial charge on any atom is 0.167 e. The number of nitrogens with zero attached hydrogens (tertiary/aromatic N) is 1. The largest absolute Gasteiger partial charge is 0.356 e. The van der Waals surface area contributed by atoms with Gasteiger partial charge in [0.15, 0.2) is 5.58 Å². The summed E-state index contributed by atoms with van der Waals surface area (Å²) in [6.07, 6.45) is 0. The lowest BCUT2D eigenvalue weighted by Crippen LogP contribution is -1.72. The van der Waals surface area contributed by atoms with Gasteiger partial charge in [0.05, 0.1) is 14.0 Å². The van der Waals surface area contributed by atoms with Crippen LogP contribution in [0.4, 0.5) is 0 Å². The summed E-state index contributed by atoms with van der Waals surface area (Å²) >= 11 is 8.62. The zero-order valence-corrected chi connectivity index (χ0v) is 11.9. The van der Waals surface area contributed by atoms with Crippen LogP contribution in [-0.2, 0) is 0 Å². The summed E-state index contributed by atoms with van der Waals surface area (Å²) in [5.74, 6) is 0. The topological polar surface area (TPSA) is 26.0 Å². The molecule has 2 heterocycles.